The van der Waals surface area contributed by atoms with Gasteiger partial charge in [0.25, 0.3) is 0 Å². The van der Waals surface area contributed by atoms with Crippen LogP contribution in [0.25, 0.3) is 0 Å². The van der Waals surface area contributed by atoms with Gasteiger partial charge in [-0.05, 0) is 49.8 Å². The van der Waals surface area contributed by atoms with Crippen molar-refractivity contribution >= 4 is 17.2 Å². The average Bonchev–Trinajstić information content (AvgIpc) is 2.40. The van der Waals surface area contributed by atoms with E-state index in [0.717, 1.165) is 31.7 Å². The van der Waals surface area contributed by atoms with Crippen LogP contribution in [0.3, 0.4) is 0 Å². The lowest BCUT2D eigenvalue weighted by atomic mass is 9.89. The predicted molar refractivity (Wildman–Crippen MR) is 79.4 cm³/mol. The van der Waals surface area contributed by atoms with E-state index in [1.165, 1.54) is 12.1 Å². The molecule has 1 aliphatic rings. The van der Waals surface area contributed by atoms with Crippen LogP contribution in [0.1, 0.15) is 43.7 Å². The van der Waals surface area contributed by atoms with Crippen molar-refractivity contribution in [3.05, 3.63) is 29.3 Å². The number of hydrogen-bond donors (Lipinski definition) is 1. The fraction of sp³-hybridized carbons (Fsp3) is 0.533. The Bertz CT molecular complexity index is 522. The van der Waals surface area contributed by atoms with Crippen LogP contribution in [-0.2, 0) is 6.18 Å². The maximum atomic E-state index is 12.9. The van der Waals surface area contributed by atoms with E-state index in [0.29, 0.717) is 11.7 Å². The molecule has 0 amide bonds. The van der Waals surface area contributed by atoms with Crippen LogP contribution in [0.4, 0.5) is 13.2 Å². The van der Waals surface area contributed by atoms with Gasteiger partial charge in [-0.15, -0.1) is 0 Å². The monoisotopic (exact) mass is 317 g/mol. The molecule has 0 heterocycles. The Morgan fingerprint density at radius 1 is 1.24 bits per heavy atom. The largest absolute Gasteiger partial charge is 0.490 e. The highest BCUT2D eigenvalue weighted by Gasteiger charge is 2.34. The molecule has 2 N–H and O–H groups in total. The topological polar surface area (TPSA) is 35.2 Å². The number of thiocarbonyl (C=S) groups is 1. The summed E-state index contributed by atoms with van der Waals surface area (Å²) in [6, 6.07) is 3.61. The highest BCUT2D eigenvalue weighted by atomic mass is 32.1. The maximum absolute atomic E-state index is 12.9. The van der Waals surface area contributed by atoms with Crippen molar-refractivity contribution in [2.24, 2.45) is 11.7 Å². The minimum absolute atomic E-state index is 0.0529. The van der Waals surface area contributed by atoms with Gasteiger partial charge < -0.3 is 10.5 Å². The van der Waals surface area contributed by atoms with Crippen LogP contribution in [0, 0.1) is 5.92 Å². The third kappa shape index (κ3) is 4.09. The van der Waals surface area contributed by atoms with Gasteiger partial charge in [0.2, 0.25) is 0 Å². The molecule has 1 fully saturated rings. The summed E-state index contributed by atoms with van der Waals surface area (Å²) in [5.41, 5.74) is 4.41. The Kier molecular flexibility index (Phi) is 4.76. The summed E-state index contributed by atoms with van der Waals surface area (Å²) in [5.74, 6) is 1.08. The first-order valence-electron chi connectivity index (χ1n) is 6.95. The van der Waals surface area contributed by atoms with Gasteiger partial charge in [0.15, 0.2) is 0 Å². The molecule has 2 nitrogen and oxygen atoms in total. The van der Waals surface area contributed by atoms with Crippen molar-refractivity contribution in [1.29, 1.82) is 0 Å². The molecule has 0 atom stereocenters. The predicted octanol–water partition coefficient (Wildman–Crippen LogP) is 4.30. The van der Waals surface area contributed by atoms with Crippen molar-refractivity contribution < 1.29 is 17.9 Å². The van der Waals surface area contributed by atoms with Crippen molar-refractivity contribution in [3.8, 4) is 5.75 Å². The lowest BCUT2D eigenvalue weighted by Crippen LogP contribution is -2.23. The smallest absolute Gasteiger partial charge is 0.417 e. The first kappa shape index (κ1) is 16.1. The Hall–Kier alpha value is -1.30. The van der Waals surface area contributed by atoms with Gasteiger partial charge >= 0.3 is 6.18 Å². The van der Waals surface area contributed by atoms with E-state index in [4.69, 9.17) is 22.7 Å². The third-order valence-electron chi connectivity index (χ3n) is 3.83. The first-order chi connectivity index (χ1) is 9.77. The van der Waals surface area contributed by atoms with E-state index in [9.17, 15) is 13.2 Å². The molecule has 0 bridgehead atoms. The van der Waals surface area contributed by atoms with Gasteiger partial charge in [-0.25, -0.2) is 0 Å². The van der Waals surface area contributed by atoms with Crippen LogP contribution in [0.5, 0.6) is 5.75 Å². The normalized spacial score (nSPS) is 22.9. The summed E-state index contributed by atoms with van der Waals surface area (Å²) in [7, 11) is 0. The zero-order chi connectivity index (χ0) is 15.6. The number of rotatable bonds is 3. The summed E-state index contributed by atoms with van der Waals surface area (Å²) in [6.07, 6.45) is -0.426. The second-order valence-corrected chi connectivity index (χ2v) is 6.01. The average molecular weight is 317 g/mol. The number of hydrogen-bond acceptors (Lipinski definition) is 2. The summed E-state index contributed by atoms with van der Waals surface area (Å²) >= 11 is 4.72. The fourth-order valence-electron chi connectivity index (χ4n) is 2.59. The number of ether oxygens (including phenoxy) is 1. The highest BCUT2D eigenvalue weighted by Crippen LogP contribution is 2.35. The molecule has 0 aliphatic heterocycles. The maximum Gasteiger partial charge on any atom is 0.417 e. The molecule has 2 rings (SSSR count). The van der Waals surface area contributed by atoms with Gasteiger partial charge in [0.05, 0.1) is 11.7 Å². The summed E-state index contributed by atoms with van der Waals surface area (Å²) < 4.78 is 44.4. The molecule has 6 heteroatoms. The Balaban J connectivity index is 2.18. The molecule has 1 saturated carbocycles. The highest BCUT2D eigenvalue weighted by molar-refractivity contribution is 7.80. The van der Waals surface area contributed by atoms with E-state index < -0.39 is 11.7 Å². The van der Waals surface area contributed by atoms with Gasteiger partial charge in [-0.3, -0.25) is 0 Å². The van der Waals surface area contributed by atoms with Gasteiger partial charge in [0, 0.05) is 5.56 Å². The van der Waals surface area contributed by atoms with Gasteiger partial charge in [-0.2, -0.15) is 13.2 Å². The molecule has 0 aromatic heterocycles. The molecule has 1 aromatic carbocycles. The summed E-state index contributed by atoms with van der Waals surface area (Å²) in [6.45, 7) is 2.19. The lowest BCUT2D eigenvalue weighted by molar-refractivity contribution is -0.137. The third-order valence-corrected chi connectivity index (χ3v) is 4.05. The Labute approximate surface area is 127 Å². The van der Waals surface area contributed by atoms with Crippen LogP contribution < -0.4 is 10.5 Å². The van der Waals surface area contributed by atoms with Crippen LogP contribution in [0.15, 0.2) is 18.2 Å². The van der Waals surface area contributed by atoms with Crippen LogP contribution >= 0.6 is 12.2 Å². The van der Waals surface area contributed by atoms with Gasteiger partial charge in [-0.1, -0.05) is 19.1 Å². The fourth-order valence-corrected chi connectivity index (χ4v) is 2.76. The van der Waals surface area contributed by atoms with E-state index in [-0.39, 0.29) is 16.7 Å². The lowest BCUT2D eigenvalue weighted by Gasteiger charge is -2.27. The second-order valence-electron chi connectivity index (χ2n) is 5.57. The zero-order valence-electron chi connectivity index (χ0n) is 11.7. The molecule has 0 saturated heterocycles. The molecule has 0 spiro atoms. The van der Waals surface area contributed by atoms with Gasteiger partial charge in [0.1, 0.15) is 10.7 Å². The molecular weight excluding hydrogens is 299 g/mol. The molecule has 0 unspecified atom stereocenters. The van der Waals surface area contributed by atoms with Crippen molar-refractivity contribution in [1.82, 2.24) is 0 Å². The van der Waals surface area contributed by atoms with E-state index in [1.807, 2.05) is 0 Å². The standard InChI is InChI=1S/C15H18F3NOS/c1-9-2-4-10(5-3-9)20-11-6-7-13(15(16,17)18)12(8-11)14(19)21/h6-10H,2-5H2,1H3,(H2,19,21). The quantitative estimate of drug-likeness (QED) is 0.844. The van der Waals surface area contributed by atoms with E-state index >= 15 is 0 Å². The summed E-state index contributed by atoms with van der Waals surface area (Å²) in [4.78, 5) is -0.273. The van der Waals surface area contributed by atoms with Crippen molar-refractivity contribution in [3.63, 3.8) is 0 Å². The molecule has 116 valence electrons. The van der Waals surface area contributed by atoms with Crippen LogP contribution in [-0.4, -0.2) is 11.1 Å². The Morgan fingerprint density at radius 3 is 2.38 bits per heavy atom. The summed E-state index contributed by atoms with van der Waals surface area (Å²) in [5, 5.41) is 0. The molecule has 0 radical (unpaired) electrons. The first-order valence-corrected chi connectivity index (χ1v) is 7.36. The molecular formula is C15H18F3NOS. The number of benzene rings is 1. The molecule has 1 aromatic rings. The number of alkyl halides is 3. The number of halogens is 3. The minimum Gasteiger partial charge on any atom is -0.490 e. The minimum atomic E-state index is -4.47. The van der Waals surface area contributed by atoms with Crippen molar-refractivity contribution in [2.45, 2.75) is 44.9 Å². The second kappa shape index (κ2) is 6.22. The van der Waals surface area contributed by atoms with Crippen molar-refractivity contribution in [2.75, 3.05) is 0 Å². The van der Waals surface area contributed by atoms with E-state index in [2.05, 4.69) is 6.92 Å². The van der Waals surface area contributed by atoms with E-state index in [1.54, 1.807) is 0 Å². The SMILES string of the molecule is CC1CCC(Oc2ccc(C(F)(F)F)c(C(N)=S)c2)CC1. The van der Waals surface area contributed by atoms with Crippen LogP contribution in [0.2, 0.25) is 0 Å². The Morgan fingerprint density at radius 2 is 1.86 bits per heavy atom. The number of nitrogens with two attached hydrogens (primary N) is 1. The molecule has 21 heavy (non-hydrogen) atoms. The molecule has 1 aliphatic carbocycles. The zero-order valence-corrected chi connectivity index (χ0v) is 12.6.